The van der Waals surface area contributed by atoms with E-state index < -0.39 is 15.9 Å². The van der Waals surface area contributed by atoms with Gasteiger partial charge >= 0.3 is 5.89 Å². The third-order valence-electron chi connectivity index (χ3n) is 5.64. The van der Waals surface area contributed by atoms with E-state index in [1.165, 1.54) is 0 Å². The fraction of sp³-hybridized carbons (Fsp3) is 0.292. The van der Waals surface area contributed by atoms with Gasteiger partial charge < -0.3 is 18.6 Å². The smallest absolute Gasteiger partial charge is 0.374 e. The fourth-order valence-corrected chi connectivity index (χ4v) is 4.60. The summed E-state index contributed by atoms with van der Waals surface area (Å²) in [6.07, 6.45) is 4.65. The highest BCUT2D eigenvalue weighted by atomic mass is 35.5. The van der Waals surface area contributed by atoms with Gasteiger partial charge in [0, 0.05) is 29.5 Å². The van der Waals surface area contributed by atoms with Gasteiger partial charge in [-0.2, -0.15) is 4.57 Å². The lowest BCUT2D eigenvalue weighted by atomic mass is 10.1. The van der Waals surface area contributed by atoms with Crippen molar-refractivity contribution in [2.24, 2.45) is 7.05 Å². The van der Waals surface area contributed by atoms with E-state index in [2.05, 4.69) is 0 Å². The van der Waals surface area contributed by atoms with E-state index in [1.807, 2.05) is 54.6 Å². The third kappa shape index (κ3) is 5.25. The molecule has 3 aromatic rings. The summed E-state index contributed by atoms with van der Waals surface area (Å²) in [5.41, 5.74) is 4.19. The maximum atomic E-state index is 11.1. The highest BCUT2D eigenvalue weighted by Gasteiger charge is 2.27. The van der Waals surface area contributed by atoms with Crippen molar-refractivity contribution in [3.63, 3.8) is 0 Å². The van der Waals surface area contributed by atoms with Gasteiger partial charge in [-0.15, -0.1) is 0 Å². The number of hydrogen-bond acceptors (Lipinski definition) is 6. The molecule has 7 nitrogen and oxygen atoms in total. The van der Waals surface area contributed by atoms with Gasteiger partial charge in [0.05, 0.1) is 26.9 Å². The van der Waals surface area contributed by atoms with Gasteiger partial charge in [-0.1, -0.05) is 30.1 Å². The molecule has 0 amide bonds. The monoisotopic (exact) mass is 522 g/mol. The van der Waals surface area contributed by atoms with Crippen LogP contribution >= 0.6 is 23.2 Å². The predicted octanol–water partition coefficient (Wildman–Crippen LogP) is 5.34. The number of benzene rings is 2. The standard InChI is InChI=1S/C24H24Cl2N2O5S/c1-4-16(11-23-27(3)19-14-18(26)15(2)10-22(19)33-23)12-24-28(8-5-9-34(29,30)31)20-13-17(25)6-7-21(20)32-24/h6-7,10-14H,4-5,8-9H2,1-3H3. The van der Waals surface area contributed by atoms with Gasteiger partial charge in [-0.05, 0) is 55.2 Å². The average Bonchev–Trinajstić information content (AvgIpc) is 3.24. The Morgan fingerprint density at radius 3 is 2.71 bits per heavy atom. The quantitative estimate of drug-likeness (QED) is 0.307. The molecule has 0 aliphatic carbocycles. The molecule has 0 atom stereocenters. The SMILES string of the molecule is CCC(/C=C1\Oc2ccc(Cl)cc2N1CCCS(=O)(=O)[O-])=C\c1oc2cc(C)c(Cl)cc2[n+]1C. The topological polar surface area (TPSA) is 86.7 Å². The number of nitrogens with zero attached hydrogens (tertiary/aromatic N) is 2. The normalized spacial score (nSPS) is 15.3. The van der Waals surface area contributed by atoms with Crippen LogP contribution in [0.2, 0.25) is 10.0 Å². The van der Waals surface area contributed by atoms with Crippen molar-refractivity contribution in [1.29, 1.82) is 0 Å². The maximum Gasteiger partial charge on any atom is 0.374 e. The van der Waals surface area contributed by atoms with Gasteiger partial charge in [0.1, 0.15) is 7.05 Å². The molecule has 1 aliphatic heterocycles. The van der Waals surface area contributed by atoms with E-state index >= 15 is 0 Å². The van der Waals surface area contributed by atoms with Crippen LogP contribution in [0.5, 0.6) is 5.75 Å². The number of allylic oxidation sites excluding steroid dienone is 2. The molecule has 2 heterocycles. The summed E-state index contributed by atoms with van der Waals surface area (Å²) in [5, 5.41) is 1.20. The summed E-state index contributed by atoms with van der Waals surface area (Å²) in [7, 11) is -2.40. The first-order valence-electron chi connectivity index (χ1n) is 10.7. The van der Waals surface area contributed by atoms with E-state index in [0.29, 0.717) is 34.0 Å². The Morgan fingerprint density at radius 1 is 1.24 bits per heavy atom. The van der Waals surface area contributed by atoms with Crippen molar-refractivity contribution in [2.45, 2.75) is 26.7 Å². The zero-order valence-electron chi connectivity index (χ0n) is 19.0. The van der Waals surface area contributed by atoms with E-state index in [1.54, 1.807) is 18.2 Å². The molecule has 2 aromatic carbocycles. The van der Waals surface area contributed by atoms with Crippen molar-refractivity contribution in [1.82, 2.24) is 0 Å². The Morgan fingerprint density at radius 2 is 2.00 bits per heavy atom. The zero-order valence-corrected chi connectivity index (χ0v) is 21.3. The van der Waals surface area contributed by atoms with Crippen LogP contribution in [-0.4, -0.2) is 25.3 Å². The second kappa shape index (κ2) is 9.62. The van der Waals surface area contributed by atoms with Gasteiger partial charge in [0.15, 0.2) is 5.75 Å². The number of rotatable bonds is 7. The predicted molar refractivity (Wildman–Crippen MR) is 132 cm³/mol. The first-order valence-corrected chi connectivity index (χ1v) is 13.1. The van der Waals surface area contributed by atoms with Crippen molar-refractivity contribution in [3.8, 4) is 5.75 Å². The molecule has 0 fully saturated rings. The van der Waals surface area contributed by atoms with Crippen molar-refractivity contribution in [2.75, 3.05) is 17.2 Å². The number of ether oxygens (including phenoxy) is 1. The zero-order chi connectivity index (χ0) is 24.6. The van der Waals surface area contributed by atoms with Crippen LogP contribution in [0.25, 0.3) is 17.2 Å². The Balaban J connectivity index is 1.70. The average molecular weight is 523 g/mol. The number of fused-ring (bicyclic) bond motifs is 2. The summed E-state index contributed by atoms with van der Waals surface area (Å²) in [6, 6.07) is 9.02. The molecular weight excluding hydrogens is 499 g/mol. The summed E-state index contributed by atoms with van der Waals surface area (Å²) >= 11 is 12.5. The van der Waals surface area contributed by atoms with E-state index in [-0.39, 0.29) is 13.0 Å². The first kappa shape index (κ1) is 24.6. The van der Waals surface area contributed by atoms with Gasteiger partial charge in [-0.25, -0.2) is 8.42 Å². The molecule has 34 heavy (non-hydrogen) atoms. The van der Waals surface area contributed by atoms with E-state index in [9.17, 15) is 13.0 Å². The van der Waals surface area contributed by atoms with Gasteiger partial charge in [0.25, 0.3) is 5.52 Å². The highest BCUT2D eigenvalue weighted by Crippen LogP contribution is 2.41. The fourth-order valence-electron chi connectivity index (χ4n) is 3.79. The summed E-state index contributed by atoms with van der Waals surface area (Å²) in [5.74, 6) is 1.31. The van der Waals surface area contributed by atoms with Crippen LogP contribution in [0, 0.1) is 6.92 Å². The minimum atomic E-state index is -4.31. The maximum absolute atomic E-state index is 11.1. The number of anilines is 1. The molecule has 4 rings (SSSR count). The number of aryl methyl sites for hydroxylation is 2. The van der Waals surface area contributed by atoms with Crippen LogP contribution in [0.3, 0.4) is 0 Å². The van der Waals surface area contributed by atoms with Crippen LogP contribution in [0.1, 0.15) is 31.2 Å². The molecule has 1 aliphatic rings. The molecule has 0 spiro atoms. The minimum absolute atomic E-state index is 0.155. The molecule has 0 N–H and O–H groups in total. The second-order valence-electron chi connectivity index (χ2n) is 8.10. The van der Waals surface area contributed by atoms with Crippen molar-refractivity contribution < 1.29 is 26.7 Å². The van der Waals surface area contributed by atoms with Crippen LogP contribution in [0.15, 0.2) is 52.3 Å². The Hall–Kier alpha value is -2.52. The Bertz CT molecular complexity index is 1430. The lowest BCUT2D eigenvalue weighted by molar-refractivity contribution is -0.652. The molecular formula is C24H24Cl2N2O5S. The number of oxazole rings is 1. The first-order chi connectivity index (χ1) is 16.1. The lowest BCUT2D eigenvalue weighted by Gasteiger charge is -2.19. The summed E-state index contributed by atoms with van der Waals surface area (Å²) in [6.45, 7) is 4.23. The Kier molecular flexibility index (Phi) is 6.96. The van der Waals surface area contributed by atoms with E-state index in [4.69, 9.17) is 32.4 Å². The number of aromatic nitrogens is 1. The third-order valence-corrected chi connectivity index (χ3v) is 7.07. The molecule has 0 unspecified atom stereocenters. The van der Waals surface area contributed by atoms with Crippen LogP contribution < -0.4 is 14.2 Å². The van der Waals surface area contributed by atoms with Crippen molar-refractivity contribution >= 4 is 56.2 Å². The van der Waals surface area contributed by atoms with Gasteiger partial charge in [0.2, 0.25) is 11.5 Å². The summed E-state index contributed by atoms with van der Waals surface area (Å²) in [4.78, 5) is 1.83. The lowest BCUT2D eigenvalue weighted by Crippen LogP contribution is -2.29. The van der Waals surface area contributed by atoms with Crippen LogP contribution in [-0.2, 0) is 17.2 Å². The molecule has 180 valence electrons. The summed E-state index contributed by atoms with van der Waals surface area (Å²) < 4.78 is 47.3. The number of hydrogen-bond donors (Lipinski definition) is 0. The van der Waals surface area contributed by atoms with Crippen LogP contribution in [0.4, 0.5) is 5.69 Å². The van der Waals surface area contributed by atoms with Gasteiger partial charge in [-0.3, -0.25) is 0 Å². The molecule has 0 bridgehead atoms. The number of halogens is 2. The molecule has 0 saturated carbocycles. The molecule has 0 saturated heterocycles. The second-order valence-corrected chi connectivity index (χ2v) is 10.5. The molecule has 1 aromatic heterocycles. The van der Waals surface area contributed by atoms with Crippen molar-refractivity contribution in [3.05, 3.63) is 69.4 Å². The minimum Gasteiger partial charge on any atom is -0.748 e. The highest BCUT2D eigenvalue weighted by molar-refractivity contribution is 7.85. The molecule has 0 radical (unpaired) electrons. The van der Waals surface area contributed by atoms with E-state index in [0.717, 1.165) is 27.9 Å². The largest absolute Gasteiger partial charge is 0.748 e. The Labute approximate surface area is 208 Å². The molecule has 10 heteroatoms.